The molecule has 2 aromatic carbocycles. The number of carbonyl (C=O) groups excluding carboxylic acids is 2. The number of hydrogen-bond acceptors (Lipinski definition) is 6. The first-order valence-electron chi connectivity index (χ1n) is 11.6. The molecule has 0 fully saturated rings. The largest absolute Gasteiger partial charge is 0.486 e. The predicted octanol–water partition coefficient (Wildman–Crippen LogP) is 3.97. The first-order valence-corrected chi connectivity index (χ1v) is 13.1. The van der Waals surface area contributed by atoms with Gasteiger partial charge in [0.1, 0.15) is 23.3 Å². The lowest BCUT2D eigenvalue weighted by Crippen LogP contribution is -2.50. The molecule has 1 aliphatic rings. The number of esters is 1. The van der Waals surface area contributed by atoms with Crippen LogP contribution in [0.3, 0.4) is 0 Å². The normalized spacial score (nSPS) is 16.1. The Morgan fingerprint density at radius 3 is 2.33 bits per heavy atom. The van der Waals surface area contributed by atoms with Crippen LogP contribution in [0.1, 0.15) is 53.5 Å². The van der Waals surface area contributed by atoms with Crippen molar-refractivity contribution in [2.24, 2.45) is 0 Å². The highest BCUT2D eigenvalue weighted by Gasteiger charge is 2.37. The van der Waals surface area contributed by atoms with E-state index in [0.29, 0.717) is 17.7 Å². The summed E-state index contributed by atoms with van der Waals surface area (Å²) in [5.41, 5.74) is -0.479. The van der Waals surface area contributed by atoms with E-state index in [-0.39, 0.29) is 29.5 Å². The third-order valence-corrected chi connectivity index (χ3v) is 7.17. The highest BCUT2D eigenvalue weighted by atomic mass is 32.2. The lowest BCUT2D eigenvalue weighted by molar-refractivity contribution is -0.153. The Morgan fingerprint density at radius 1 is 1.11 bits per heavy atom. The third kappa shape index (κ3) is 6.96. The van der Waals surface area contributed by atoms with Crippen LogP contribution in [-0.2, 0) is 30.8 Å². The Labute approximate surface area is 211 Å². The van der Waals surface area contributed by atoms with Gasteiger partial charge in [-0.1, -0.05) is 6.07 Å². The van der Waals surface area contributed by atoms with E-state index in [1.54, 1.807) is 39.0 Å². The van der Waals surface area contributed by atoms with Gasteiger partial charge in [-0.05, 0) is 76.6 Å². The molecule has 0 spiro atoms. The second-order valence-corrected chi connectivity index (χ2v) is 12.4. The number of ether oxygens (including phenoxy) is 2. The van der Waals surface area contributed by atoms with E-state index in [2.05, 4.69) is 5.32 Å². The van der Waals surface area contributed by atoms with Gasteiger partial charge in [0.05, 0.1) is 23.5 Å². The molecule has 1 aliphatic heterocycles. The molecule has 2 aromatic rings. The number of fused-ring (bicyclic) bond motifs is 1. The number of nitrogens with one attached hydrogen (secondary N) is 1. The number of rotatable bonds is 7. The van der Waals surface area contributed by atoms with E-state index < -0.39 is 39.1 Å². The minimum Gasteiger partial charge on any atom is -0.486 e. The molecule has 0 bridgehead atoms. The first kappa shape index (κ1) is 27.4. The van der Waals surface area contributed by atoms with Crippen molar-refractivity contribution >= 4 is 27.6 Å². The molecule has 36 heavy (non-hydrogen) atoms. The summed E-state index contributed by atoms with van der Waals surface area (Å²) in [7, 11) is -4.09. The summed E-state index contributed by atoms with van der Waals surface area (Å²) in [5, 5.41) is 2.85. The first-order chi connectivity index (χ1) is 16.6. The topological polar surface area (TPSA) is 102 Å². The van der Waals surface area contributed by atoms with Crippen LogP contribution >= 0.6 is 0 Å². The molecule has 0 saturated heterocycles. The average Bonchev–Trinajstić information content (AvgIpc) is 2.71. The van der Waals surface area contributed by atoms with Gasteiger partial charge < -0.3 is 14.8 Å². The fraction of sp³-hybridized carbons (Fsp3) is 0.462. The summed E-state index contributed by atoms with van der Waals surface area (Å²) in [6.45, 7) is 10.3. The van der Waals surface area contributed by atoms with Gasteiger partial charge in [-0.15, -0.1) is 0 Å². The van der Waals surface area contributed by atoms with E-state index in [1.807, 2.05) is 13.8 Å². The summed E-state index contributed by atoms with van der Waals surface area (Å²) in [4.78, 5) is 23.9. The highest BCUT2D eigenvalue weighted by molar-refractivity contribution is 7.92. The van der Waals surface area contributed by atoms with Gasteiger partial charge in [0.15, 0.2) is 0 Å². The molecule has 10 heteroatoms. The van der Waals surface area contributed by atoms with Gasteiger partial charge >= 0.3 is 5.97 Å². The van der Waals surface area contributed by atoms with Gasteiger partial charge in [-0.3, -0.25) is 13.9 Å². The standard InChI is InChI=1S/C26H33FN2O6S/c1-17(30)28-26(5,6)15-20-16-29(36(32,33)21-10-8-19(27)9-11-21)22-13-18(7-12-23(22)34-20)14-24(31)35-25(2,3)4/h7-13,20H,14-16H2,1-6H3,(H,28,30)/t20-/m1/s1. The van der Waals surface area contributed by atoms with Crippen molar-refractivity contribution in [3.8, 4) is 5.75 Å². The van der Waals surface area contributed by atoms with E-state index >= 15 is 0 Å². The van der Waals surface area contributed by atoms with Crippen LogP contribution in [0.5, 0.6) is 5.75 Å². The van der Waals surface area contributed by atoms with Gasteiger partial charge in [0.25, 0.3) is 10.0 Å². The smallest absolute Gasteiger partial charge is 0.310 e. The second kappa shape index (κ2) is 10.1. The average molecular weight is 521 g/mol. The number of anilines is 1. The van der Waals surface area contributed by atoms with Crippen LogP contribution in [0, 0.1) is 5.82 Å². The van der Waals surface area contributed by atoms with Crippen molar-refractivity contribution in [2.45, 2.75) is 76.5 Å². The third-order valence-electron chi connectivity index (χ3n) is 5.38. The maximum Gasteiger partial charge on any atom is 0.310 e. The Morgan fingerprint density at radius 2 is 1.75 bits per heavy atom. The molecule has 0 aromatic heterocycles. The number of hydrogen-bond donors (Lipinski definition) is 1. The van der Waals surface area contributed by atoms with Crippen molar-refractivity contribution in [3.05, 3.63) is 53.8 Å². The zero-order valence-electron chi connectivity index (χ0n) is 21.4. The zero-order valence-corrected chi connectivity index (χ0v) is 22.2. The molecule has 8 nitrogen and oxygen atoms in total. The summed E-state index contributed by atoms with van der Waals surface area (Å²) >= 11 is 0. The van der Waals surface area contributed by atoms with Crippen LogP contribution in [0.4, 0.5) is 10.1 Å². The van der Waals surface area contributed by atoms with Crippen molar-refractivity contribution < 1.29 is 31.9 Å². The lowest BCUT2D eigenvalue weighted by atomic mass is 9.95. The van der Waals surface area contributed by atoms with Crippen molar-refractivity contribution in [1.29, 1.82) is 0 Å². The number of amides is 1. The number of benzene rings is 2. The predicted molar refractivity (Wildman–Crippen MR) is 134 cm³/mol. The van der Waals surface area contributed by atoms with Crippen LogP contribution in [0.2, 0.25) is 0 Å². The SMILES string of the molecule is CC(=O)NC(C)(C)C[C@@H]1CN(S(=O)(=O)c2ccc(F)cc2)c2cc(CC(=O)OC(C)(C)C)ccc2O1. The quantitative estimate of drug-likeness (QED) is 0.555. The Hall–Kier alpha value is -3.14. The van der Waals surface area contributed by atoms with E-state index in [0.717, 1.165) is 12.1 Å². The van der Waals surface area contributed by atoms with Gasteiger partial charge in [-0.2, -0.15) is 0 Å². The fourth-order valence-electron chi connectivity index (χ4n) is 4.18. The van der Waals surface area contributed by atoms with Gasteiger partial charge in [0, 0.05) is 18.9 Å². The van der Waals surface area contributed by atoms with Crippen LogP contribution in [0.25, 0.3) is 0 Å². The number of carbonyl (C=O) groups is 2. The minimum atomic E-state index is -4.09. The molecule has 0 unspecified atom stereocenters. The molecule has 0 aliphatic carbocycles. The van der Waals surface area contributed by atoms with E-state index in [1.165, 1.54) is 23.4 Å². The Kier molecular flexibility index (Phi) is 7.69. The molecule has 3 rings (SSSR count). The van der Waals surface area contributed by atoms with Crippen LogP contribution < -0.4 is 14.4 Å². The number of nitrogens with zero attached hydrogens (tertiary/aromatic N) is 1. The molecule has 1 amide bonds. The maximum atomic E-state index is 13.7. The highest BCUT2D eigenvalue weighted by Crippen LogP contribution is 2.39. The van der Waals surface area contributed by atoms with Crippen LogP contribution in [-0.4, -0.2) is 44.1 Å². The van der Waals surface area contributed by atoms with Gasteiger partial charge in [-0.25, -0.2) is 12.8 Å². The second-order valence-electron chi connectivity index (χ2n) is 10.6. The number of halogens is 1. The maximum absolute atomic E-state index is 13.7. The number of sulfonamides is 1. The van der Waals surface area contributed by atoms with Gasteiger partial charge in [0.2, 0.25) is 5.91 Å². The fourth-order valence-corrected chi connectivity index (χ4v) is 5.67. The molecule has 1 atom stereocenters. The summed E-state index contributed by atoms with van der Waals surface area (Å²) < 4.78 is 53.6. The van der Waals surface area contributed by atoms with E-state index in [4.69, 9.17) is 9.47 Å². The lowest BCUT2D eigenvalue weighted by Gasteiger charge is -2.39. The molecule has 1 heterocycles. The molecule has 0 radical (unpaired) electrons. The summed E-state index contributed by atoms with van der Waals surface area (Å²) in [5.74, 6) is -0.879. The van der Waals surface area contributed by atoms with Crippen LogP contribution in [0.15, 0.2) is 47.4 Å². The van der Waals surface area contributed by atoms with Crippen molar-refractivity contribution in [2.75, 3.05) is 10.8 Å². The molecule has 0 saturated carbocycles. The van der Waals surface area contributed by atoms with E-state index in [9.17, 15) is 22.4 Å². The molecular formula is C26H33FN2O6S. The Bertz CT molecular complexity index is 1240. The molecular weight excluding hydrogens is 487 g/mol. The molecule has 1 N–H and O–H groups in total. The van der Waals surface area contributed by atoms with Crippen molar-refractivity contribution in [1.82, 2.24) is 5.32 Å². The Balaban J connectivity index is 2.00. The minimum absolute atomic E-state index is 0.0361. The summed E-state index contributed by atoms with van der Waals surface area (Å²) in [6.07, 6.45) is -0.291. The molecule has 196 valence electrons. The van der Waals surface area contributed by atoms with Crippen molar-refractivity contribution in [3.63, 3.8) is 0 Å². The zero-order chi connectivity index (χ0) is 26.9. The monoisotopic (exact) mass is 520 g/mol. The summed E-state index contributed by atoms with van der Waals surface area (Å²) in [6, 6.07) is 9.50.